The molecule has 3 nitrogen and oxygen atoms in total. The van der Waals surface area contributed by atoms with Crippen LogP contribution in [-0.2, 0) is 5.41 Å². The van der Waals surface area contributed by atoms with Crippen molar-refractivity contribution in [1.29, 1.82) is 0 Å². The number of carbonyl (C=O) groups excluding carboxylic acids is 1. The Morgan fingerprint density at radius 3 is 2.45 bits per heavy atom. The van der Waals surface area contributed by atoms with Crippen LogP contribution in [0, 0.1) is 0 Å². The van der Waals surface area contributed by atoms with E-state index >= 15 is 0 Å². The van der Waals surface area contributed by atoms with Gasteiger partial charge in [-0.15, -0.1) is 0 Å². The highest BCUT2D eigenvalue weighted by molar-refractivity contribution is 5.93. The van der Waals surface area contributed by atoms with Gasteiger partial charge < -0.3 is 4.90 Å². The van der Waals surface area contributed by atoms with Crippen molar-refractivity contribution in [1.82, 2.24) is 9.88 Å². The van der Waals surface area contributed by atoms with Crippen LogP contribution in [0.5, 0.6) is 0 Å². The molecule has 3 heteroatoms. The second-order valence-corrected chi connectivity index (χ2v) is 5.65. The van der Waals surface area contributed by atoms with E-state index in [0.29, 0.717) is 12.1 Å². The second kappa shape index (κ2) is 5.87. The summed E-state index contributed by atoms with van der Waals surface area (Å²) in [7, 11) is 1.83. The summed E-state index contributed by atoms with van der Waals surface area (Å²) in [6, 6.07) is 13.8. The molecule has 0 saturated carbocycles. The van der Waals surface area contributed by atoms with Crippen LogP contribution in [0.1, 0.15) is 29.8 Å². The average Bonchev–Trinajstić information content (AvgIpc) is 2.48. The molecule has 2 rings (SSSR count). The largest absolute Gasteiger partial charge is 0.341 e. The zero-order valence-corrected chi connectivity index (χ0v) is 12.2. The van der Waals surface area contributed by atoms with E-state index in [2.05, 4.69) is 31.0 Å². The lowest BCUT2D eigenvalue weighted by Gasteiger charge is -2.31. The summed E-state index contributed by atoms with van der Waals surface area (Å²) in [5, 5.41) is 0. The number of amides is 1. The van der Waals surface area contributed by atoms with E-state index in [-0.39, 0.29) is 11.3 Å². The van der Waals surface area contributed by atoms with Gasteiger partial charge in [0.2, 0.25) is 0 Å². The highest BCUT2D eigenvalue weighted by Gasteiger charge is 2.25. The minimum absolute atomic E-state index is 0.00195. The summed E-state index contributed by atoms with van der Waals surface area (Å²) in [6.45, 7) is 4.95. The van der Waals surface area contributed by atoms with Crippen molar-refractivity contribution in [3.8, 4) is 0 Å². The van der Waals surface area contributed by atoms with Crippen LogP contribution in [0.15, 0.2) is 54.9 Å². The SMILES string of the molecule is CN(CC(C)(C)c1ccccc1)C(=O)c1cccnc1. The highest BCUT2D eigenvalue weighted by Crippen LogP contribution is 2.24. The van der Waals surface area contributed by atoms with Gasteiger partial charge in [0.1, 0.15) is 0 Å². The van der Waals surface area contributed by atoms with Gasteiger partial charge in [-0.3, -0.25) is 9.78 Å². The van der Waals surface area contributed by atoms with Crippen molar-refractivity contribution < 1.29 is 4.79 Å². The van der Waals surface area contributed by atoms with E-state index in [0.717, 1.165) is 0 Å². The fourth-order valence-corrected chi connectivity index (χ4v) is 2.36. The van der Waals surface area contributed by atoms with Gasteiger partial charge in [-0.05, 0) is 17.7 Å². The quantitative estimate of drug-likeness (QED) is 0.853. The number of likely N-dealkylation sites (N-methyl/N-ethyl adjacent to an activating group) is 1. The molecule has 1 aromatic carbocycles. The minimum Gasteiger partial charge on any atom is -0.341 e. The van der Waals surface area contributed by atoms with E-state index in [1.165, 1.54) is 5.56 Å². The molecule has 1 amide bonds. The van der Waals surface area contributed by atoms with Crippen molar-refractivity contribution in [2.45, 2.75) is 19.3 Å². The molecule has 0 atom stereocenters. The van der Waals surface area contributed by atoms with Crippen LogP contribution in [0.25, 0.3) is 0 Å². The predicted molar refractivity (Wildman–Crippen MR) is 80.7 cm³/mol. The Kier molecular flexibility index (Phi) is 4.18. The Bertz CT molecular complexity index is 564. The van der Waals surface area contributed by atoms with Crippen LogP contribution < -0.4 is 0 Å². The standard InChI is InChI=1S/C17H20N2O/c1-17(2,15-9-5-4-6-10-15)13-19(3)16(20)14-8-7-11-18-12-14/h4-12H,13H2,1-3H3. The molecule has 0 unspecified atom stereocenters. The molecule has 0 saturated heterocycles. The van der Waals surface area contributed by atoms with Crippen LogP contribution in [0.2, 0.25) is 0 Å². The molecule has 104 valence electrons. The van der Waals surface area contributed by atoms with E-state index in [1.807, 2.05) is 25.2 Å². The smallest absolute Gasteiger partial charge is 0.255 e. The average molecular weight is 268 g/mol. The van der Waals surface area contributed by atoms with Crippen molar-refractivity contribution in [2.24, 2.45) is 0 Å². The Balaban J connectivity index is 2.11. The molecule has 1 heterocycles. The Morgan fingerprint density at radius 1 is 1.15 bits per heavy atom. The van der Waals surface area contributed by atoms with E-state index in [9.17, 15) is 4.79 Å². The van der Waals surface area contributed by atoms with Crippen LogP contribution in [-0.4, -0.2) is 29.4 Å². The van der Waals surface area contributed by atoms with Crippen molar-refractivity contribution in [3.05, 3.63) is 66.0 Å². The molecule has 1 aromatic heterocycles. The lowest BCUT2D eigenvalue weighted by atomic mass is 9.84. The summed E-state index contributed by atoms with van der Waals surface area (Å²) < 4.78 is 0. The summed E-state index contributed by atoms with van der Waals surface area (Å²) in [6.07, 6.45) is 3.28. The molecule has 0 bridgehead atoms. The van der Waals surface area contributed by atoms with Crippen molar-refractivity contribution in [2.75, 3.05) is 13.6 Å². The topological polar surface area (TPSA) is 33.2 Å². The molecule has 2 aromatic rings. The maximum absolute atomic E-state index is 12.3. The minimum atomic E-state index is -0.0894. The van der Waals surface area contributed by atoms with Gasteiger partial charge in [0.05, 0.1) is 5.56 Å². The lowest BCUT2D eigenvalue weighted by molar-refractivity contribution is 0.0767. The lowest BCUT2D eigenvalue weighted by Crippen LogP contribution is -2.38. The highest BCUT2D eigenvalue weighted by atomic mass is 16.2. The van der Waals surface area contributed by atoms with Gasteiger partial charge in [-0.2, -0.15) is 0 Å². The monoisotopic (exact) mass is 268 g/mol. The number of aromatic nitrogens is 1. The van der Waals surface area contributed by atoms with Gasteiger partial charge >= 0.3 is 0 Å². The Hall–Kier alpha value is -2.16. The number of rotatable bonds is 4. The normalized spacial score (nSPS) is 11.2. The van der Waals surface area contributed by atoms with E-state index < -0.39 is 0 Å². The van der Waals surface area contributed by atoms with Crippen LogP contribution >= 0.6 is 0 Å². The summed E-state index contributed by atoms with van der Waals surface area (Å²) in [5.41, 5.74) is 1.76. The molecule has 0 spiro atoms. The van der Waals surface area contributed by atoms with Crippen molar-refractivity contribution in [3.63, 3.8) is 0 Å². The molecule has 0 fully saturated rings. The fraction of sp³-hybridized carbons (Fsp3) is 0.294. The second-order valence-electron chi connectivity index (χ2n) is 5.65. The number of benzene rings is 1. The van der Waals surface area contributed by atoms with Crippen molar-refractivity contribution >= 4 is 5.91 Å². The Labute approximate surface area is 120 Å². The third-order valence-corrected chi connectivity index (χ3v) is 3.44. The van der Waals surface area contributed by atoms with Gasteiger partial charge in [-0.1, -0.05) is 44.2 Å². The van der Waals surface area contributed by atoms with E-state index in [1.54, 1.807) is 29.4 Å². The van der Waals surface area contributed by atoms with E-state index in [4.69, 9.17) is 0 Å². The Morgan fingerprint density at radius 2 is 1.85 bits per heavy atom. The first-order valence-electron chi connectivity index (χ1n) is 6.72. The molecule has 0 aliphatic carbocycles. The third kappa shape index (κ3) is 3.23. The number of hydrogen-bond donors (Lipinski definition) is 0. The molecular formula is C17H20N2O. The van der Waals surface area contributed by atoms with Gasteiger partial charge in [-0.25, -0.2) is 0 Å². The van der Waals surface area contributed by atoms with Crippen LogP contribution in [0.3, 0.4) is 0 Å². The third-order valence-electron chi connectivity index (χ3n) is 3.44. The number of hydrogen-bond acceptors (Lipinski definition) is 2. The van der Waals surface area contributed by atoms with Gasteiger partial charge in [0.15, 0.2) is 0 Å². The van der Waals surface area contributed by atoms with Gasteiger partial charge in [0.25, 0.3) is 5.91 Å². The summed E-state index contributed by atoms with van der Waals surface area (Å²) in [5.74, 6) is 0.00195. The molecule has 0 aliphatic heterocycles. The first-order valence-corrected chi connectivity index (χ1v) is 6.72. The molecule has 0 aliphatic rings. The first kappa shape index (κ1) is 14.3. The maximum Gasteiger partial charge on any atom is 0.255 e. The maximum atomic E-state index is 12.3. The fourth-order valence-electron chi connectivity index (χ4n) is 2.36. The molecule has 0 N–H and O–H groups in total. The zero-order valence-electron chi connectivity index (χ0n) is 12.2. The number of carbonyl (C=O) groups is 1. The first-order chi connectivity index (χ1) is 9.50. The summed E-state index contributed by atoms with van der Waals surface area (Å²) >= 11 is 0. The number of nitrogens with zero attached hydrogens (tertiary/aromatic N) is 2. The summed E-state index contributed by atoms with van der Waals surface area (Å²) in [4.78, 5) is 18.1. The van der Waals surface area contributed by atoms with Crippen LogP contribution in [0.4, 0.5) is 0 Å². The zero-order chi connectivity index (χ0) is 14.6. The molecule has 0 radical (unpaired) electrons. The molecule has 20 heavy (non-hydrogen) atoms. The molecular weight excluding hydrogens is 248 g/mol. The predicted octanol–water partition coefficient (Wildman–Crippen LogP) is 3.13. The van der Waals surface area contributed by atoms with Gasteiger partial charge in [0, 0.05) is 31.4 Å². The number of pyridine rings is 1.